The summed E-state index contributed by atoms with van der Waals surface area (Å²) in [6, 6.07) is 20.9. The molecular weight excluding hydrogens is 428 g/mol. The molecule has 34 heavy (non-hydrogen) atoms. The summed E-state index contributed by atoms with van der Waals surface area (Å²) in [7, 11) is 1.34. The molecule has 0 saturated heterocycles. The van der Waals surface area contributed by atoms with Crippen LogP contribution in [0.1, 0.15) is 45.2 Å². The number of rotatable bonds is 5. The number of carbonyl (C=O) groups is 3. The van der Waals surface area contributed by atoms with Gasteiger partial charge >= 0.3 is 5.97 Å². The Morgan fingerprint density at radius 3 is 2.12 bits per heavy atom. The highest BCUT2D eigenvalue weighted by atomic mass is 16.5. The van der Waals surface area contributed by atoms with E-state index in [1.165, 1.54) is 7.11 Å². The molecule has 3 aromatic rings. The molecule has 1 aliphatic rings. The Labute approximate surface area is 198 Å². The summed E-state index contributed by atoms with van der Waals surface area (Å²) in [5.74, 6) is 5.96. The molecule has 0 radical (unpaired) electrons. The molecule has 2 N–H and O–H groups in total. The molecule has 0 spiro atoms. The summed E-state index contributed by atoms with van der Waals surface area (Å²) in [5, 5.41) is 5.75. The number of hydrogen-bond acceptors (Lipinski definition) is 4. The first kappa shape index (κ1) is 22.8. The Kier molecular flexibility index (Phi) is 6.74. The van der Waals surface area contributed by atoms with Crippen molar-refractivity contribution in [1.29, 1.82) is 0 Å². The van der Waals surface area contributed by atoms with Crippen LogP contribution < -0.4 is 10.6 Å². The highest BCUT2D eigenvalue weighted by Crippen LogP contribution is 2.38. The first-order valence-electron chi connectivity index (χ1n) is 11.0. The average molecular weight is 453 g/mol. The Balaban J connectivity index is 1.40. The third-order valence-corrected chi connectivity index (χ3v) is 5.62. The van der Waals surface area contributed by atoms with E-state index in [9.17, 15) is 14.4 Å². The lowest BCUT2D eigenvalue weighted by atomic mass is 10.1. The van der Waals surface area contributed by atoms with Gasteiger partial charge in [0.25, 0.3) is 5.91 Å². The van der Waals surface area contributed by atoms with Gasteiger partial charge in [0.2, 0.25) is 5.91 Å². The third-order valence-electron chi connectivity index (χ3n) is 5.62. The first-order chi connectivity index (χ1) is 16.4. The number of anilines is 2. The number of nitrogens with one attached hydrogen (secondary N) is 2. The highest BCUT2D eigenvalue weighted by molar-refractivity contribution is 6.04. The largest absolute Gasteiger partial charge is 0.465 e. The molecular formula is C28H24N2O4. The van der Waals surface area contributed by atoms with Crippen molar-refractivity contribution >= 4 is 29.2 Å². The van der Waals surface area contributed by atoms with E-state index in [2.05, 4.69) is 29.4 Å². The van der Waals surface area contributed by atoms with Gasteiger partial charge in [0.1, 0.15) is 0 Å². The molecule has 2 unspecified atom stereocenters. The minimum absolute atomic E-state index is 0.0275. The molecule has 1 aliphatic carbocycles. The van der Waals surface area contributed by atoms with Crippen LogP contribution in [-0.2, 0) is 9.53 Å². The SMILES string of the molecule is COC(=O)c1cccc(C#Cc2cccc(NC(=O)c3ccc(NC(=O)C4CC4C)cc3)c2)c1. The monoisotopic (exact) mass is 452 g/mol. The lowest BCUT2D eigenvalue weighted by Crippen LogP contribution is -2.15. The van der Waals surface area contributed by atoms with E-state index in [0.717, 1.165) is 6.42 Å². The van der Waals surface area contributed by atoms with Gasteiger partial charge in [-0.2, -0.15) is 0 Å². The van der Waals surface area contributed by atoms with Crippen molar-refractivity contribution in [2.45, 2.75) is 13.3 Å². The predicted octanol–water partition coefficient (Wildman–Crippen LogP) is 4.72. The second kappa shape index (κ2) is 10.1. The fraction of sp³-hybridized carbons (Fsp3) is 0.179. The second-order valence-corrected chi connectivity index (χ2v) is 8.24. The summed E-state index contributed by atoms with van der Waals surface area (Å²) in [6.07, 6.45) is 0.926. The van der Waals surface area contributed by atoms with Crippen LogP contribution in [0.25, 0.3) is 0 Å². The van der Waals surface area contributed by atoms with Crippen LogP contribution in [0.15, 0.2) is 72.8 Å². The van der Waals surface area contributed by atoms with Gasteiger partial charge in [0.05, 0.1) is 12.7 Å². The van der Waals surface area contributed by atoms with E-state index in [1.807, 2.05) is 18.2 Å². The van der Waals surface area contributed by atoms with Crippen molar-refractivity contribution in [3.8, 4) is 11.8 Å². The molecule has 1 fully saturated rings. The first-order valence-corrected chi connectivity index (χ1v) is 11.0. The molecule has 0 heterocycles. The fourth-order valence-electron chi connectivity index (χ4n) is 3.49. The van der Waals surface area contributed by atoms with Gasteiger partial charge in [-0.15, -0.1) is 0 Å². The smallest absolute Gasteiger partial charge is 0.337 e. The average Bonchev–Trinajstić information content (AvgIpc) is 3.60. The zero-order valence-electron chi connectivity index (χ0n) is 18.9. The molecule has 2 amide bonds. The minimum Gasteiger partial charge on any atom is -0.465 e. The lowest BCUT2D eigenvalue weighted by Gasteiger charge is -2.08. The van der Waals surface area contributed by atoms with Gasteiger partial charge in [0.15, 0.2) is 0 Å². The van der Waals surface area contributed by atoms with E-state index in [0.29, 0.717) is 39.5 Å². The molecule has 0 aliphatic heterocycles. The molecule has 6 nitrogen and oxygen atoms in total. The molecule has 3 aromatic carbocycles. The third kappa shape index (κ3) is 5.70. The molecule has 4 rings (SSSR count). The number of benzene rings is 3. The lowest BCUT2D eigenvalue weighted by molar-refractivity contribution is -0.117. The number of methoxy groups -OCH3 is 1. The van der Waals surface area contributed by atoms with Crippen LogP contribution in [0.5, 0.6) is 0 Å². The Bertz CT molecular complexity index is 1300. The van der Waals surface area contributed by atoms with Crippen molar-refractivity contribution in [1.82, 2.24) is 0 Å². The maximum atomic E-state index is 12.7. The number of hydrogen-bond donors (Lipinski definition) is 2. The quantitative estimate of drug-likeness (QED) is 0.433. The van der Waals surface area contributed by atoms with E-state index >= 15 is 0 Å². The van der Waals surface area contributed by atoms with Gasteiger partial charge < -0.3 is 15.4 Å². The molecule has 1 saturated carbocycles. The Morgan fingerprint density at radius 1 is 0.824 bits per heavy atom. The summed E-state index contributed by atoms with van der Waals surface area (Å²) >= 11 is 0. The Morgan fingerprint density at radius 2 is 1.47 bits per heavy atom. The van der Waals surface area contributed by atoms with Crippen LogP contribution in [0.4, 0.5) is 11.4 Å². The van der Waals surface area contributed by atoms with Crippen LogP contribution >= 0.6 is 0 Å². The second-order valence-electron chi connectivity index (χ2n) is 8.24. The summed E-state index contributed by atoms with van der Waals surface area (Å²) in [4.78, 5) is 36.4. The maximum Gasteiger partial charge on any atom is 0.337 e. The van der Waals surface area contributed by atoms with Crippen LogP contribution in [0, 0.1) is 23.7 Å². The van der Waals surface area contributed by atoms with Crippen molar-refractivity contribution in [2.75, 3.05) is 17.7 Å². The number of ether oxygens (including phenoxy) is 1. The summed E-state index contributed by atoms with van der Waals surface area (Å²) in [6.45, 7) is 2.06. The van der Waals surface area contributed by atoms with Crippen LogP contribution in [-0.4, -0.2) is 24.9 Å². The zero-order valence-corrected chi connectivity index (χ0v) is 18.9. The predicted molar refractivity (Wildman–Crippen MR) is 130 cm³/mol. The minimum atomic E-state index is -0.415. The van der Waals surface area contributed by atoms with Crippen LogP contribution in [0.3, 0.4) is 0 Å². The molecule has 0 bridgehead atoms. The number of carbonyl (C=O) groups excluding carboxylic acids is 3. The maximum absolute atomic E-state index is 12.7. The van der Waals surface area contributed by atoms with Crippen molar-refractivity contribution < 1.29 is 19.1 Å². The normalized spacial score (nSPS) is 15.9. The molecule has 2 atom stereocenters. The topological polar surface area (TPSA) is 84.5 Å². The van der Waals surface area contributed by atoms with E-state index in [1.54, 1.807) is 54.6 Å². The zero-order chi connectivity index (χ0) is 24.1. The molecule has 170 valence electrons. The van der Waals surface area contributed by atoms with Crippen molar-refractivity contribution in [3.63, 3.8) is 0 Å². The van der Waals surface area contributed by atoms with E-state index in [4.69, 9.17) is 4.74 Å². The van der Waals surface area contributed by atoms with Gasteiger partial charge in [-0.3, -0.25) is 9.59 Å². The number of amides is 2. The van der Waals surface area contributed by atoms with E-state index < -0.39 is 5.97 Å². The molecule has 6 heteroatoms. The summed E-state index contributed by atoms with van der Waals surface area (Å²) < 4.78 is 4.74. The fourth-order valence-corrected chi connectivity index (χ4v) is 3.49. The van der Waals surface area contributed by atoms with Gasteiger partial charge in [0, 0.05) is 34.0 Å². The van der Waals surface area contributed by atoms with Crippen LogP contribution in [0.2, 0.25) is 0 Å². The standard InChI is InChI=1S/C28H24N2O4/c1-18-15-25(18)27(32)29-23-13-11-21(12-14-23)26(31)30-24-8-4-6-20(17-24)10-9-19-5-3-7-22(16-19)28(33)34-2/h3-8,11-14,16-18,25H,15H2,1-2H3,(H,29,32)(H,30,31). The van der Waals surface area contributed by atoms with Crippen molar-refractivity contribution in [3.05, 3.63) is 95.1 Å². The summed E-state index contributed by atoms with van der Waals surface area (Å²) in [5.41, 5.74) is 3.60. The van der Waals surface area contributed by atoms with E-state index in [-0.39, 0.29) is 17.7 Å². The van der Waals surface area contributed by atoms with Crippen molar-refractivity contribution in [2.24, 2.45) is 11.8 Å². The van der Waals surface area contributed by atoms with Gasteiger partial charge in [-0.1, -0.05) is 30.9 Å². The number of esters is 1. The van der Waals surface area contributed by atoms with Gasteiger partial charge in [-0.25, -0.2) is 4.79 Å². The molecule has 0 aromatic heterocycles. The Hall–Kier alpha value is -4.37. The highest BCUT2D eigenvalue weighted by Gasteiger charge is 2.39. The van der Waals surface area contributed by atoms with Gasteiger partial charge in [-0.05, 0) is 73.0 Å².